The summed E-state index contributed by atoms with van der Waals surface area (Å²) in [6.07, 6.45) is 0. The van der Waals surface area contributed by atoms with Gasteiger partial charge in [0.1, 0.15) is 0 Å². The minimum Gasteiger partial charge on any atom is -0.337 e. The molecule has 0 spiro atoms. The first-order chi connectivity index (χ1) is 8.38. The highest BCUT2D eigenvalue weighted by Gasteiger charge is 2.27. The van der Waals surface area contributed by atoms with Gasteiger partial charge in [0.15, 0.2) is 0 Å². The molecule has 5 heteroatoms. The molecule has 0 bridgehead atoms. The highest BCUT2D eigenvalue weighted by molar-refractivity contribution is 5.85. The third-order valence-corrected chi connectivity index (χ3v) is 2.95. The largest absolute Gasteiger partial charge is 0.337 e. The van der Waals surface area contributed by atoms with Crippen LogP contribution in [0.25, 0.3) is 11.4 Å². The van der Waals surface area contributed by atoms with Gasteiger partial charge in [0.2, 0.25) is 11.7 Å². The molecule has 104 valence electrons. The van der Waals surface area contributed by atoms with E-state index in [1.807, 2.05) is 52.0 Å². The van der Waals surface area contributed by atoms with Crippen molar-refractivity contribution >= 4 is 12.4 Å². The van der Waals surface area contributed by atoms with Gasteiger partial charge in [0.25, 0.3) is 0 Å². The van der Waals surface area contributed by atoms with Crippen LogP contribution >= 0.6 is 12.4 Å². The third kappa shape index (κ3) is 3.55. The number of benzene rings is 1. The van der Waals surface area contributed by atoms with Crippen LogP contribution in [-0.2, 0) is 0 Å². The maximum atomic E-state index is 6.09. The summed E-state index contributed by atoms with van der Waals surface area (Å²) in [5.41, 5.74) is 8.14. The zero-order valence-electron chi connectivity index (χ0n) is 11.7. The van der Waals surface area contributed by atoms with Crippen LogP contribution in [0, 0.1) is 12.3 Å². The summed E-state index contributed by atoms with van der Waals surface area (Å²) in [6, 6.07) is 7.74. The lowest BCUT2D eigenvalue weighted by Gasteiger charge is -2.23. The van der Waals surface area contributed by atoms with Crippen molar-refractivity contribution < 1.29 is 4.52 Å². The molecular formula is C14H20ClN3O. The van der Waals surface area contributed by atoms with E-state index in [4.69, 9.17) is 10.3 Å². The Hall–Kier alpha value is -1.39. The van der Waals surface area contributed by atoms with E-state index in [1.165, 1.54) is 5.56 Å². The average molecular weight is 282 g/mol. The van der Waals surface area contributed by atoms with E-state index in [0.29, 0.717) is 11.7 Å². The molecule has 2 rings (SSSR count). The van der Waals surface area contributed by atoms with Gasteiger partial charge in [-0.2, -0.15) is 4.98 Å². The lowest BCUT2D eigenvalue weighted by Crippen LogP contribution is -2.26. The zero-order chi connectivity index (χ0) is 13.3. The van der Waals surface area contributed by atoms with E-state index < -0.39 is 0 Å². The van der Waals surface area contributed by atoms with Crippen molar-refractivity contribution in [3.63, 3.8) is 0 Å². The quantitative estimate of drug-likeness (QED) is 0.915. The van der Waals surface area contributed by atoms with Gasteiger partial charge in [-0.15, -0.1) is 12.4 Å². The van der Waals surface area contributed by atoms with Gasteiger partial charge in [-0.05, 0) is 12.3 Å². The Bertz CT molecular complexity index is 528. The first-order valence-electron chi connectivity index (χ1n) is 6.04. The molecule has 2 aromatic rings. The van der Waals surface area contributed by atoms with E-state index in [9.17, 15) is 0 Å². The highest BCUT2D eigenvalue weighted by Crippen LogP contribution is 2.30. The monoisotopic (exact) mass is 281 g/mol. The predicted molar refractivity (Wildman–Crippen MR) is 78.1 cm³/mol. The number of hydrogen-bond donors (Lipinski definition) is 1. The molecule has 0 fully saturated rings. The molecule has 0 aliphatic carbocycles. The predicted octanol–water partition coefficient (Wildman–Crippen LogP) is 3.51. The maximum Gasteiger partial charge on any atom is 0.244 e. The Morgan fingerprint density at radius 3 is 2.26 bits per heavy atom. The summed E-state index contributed by atoms with van der Waals surface area (Å²) in [6.45, 7) is 8.19. The average Bonchev–Trinajstić information content (AvgIpc) is 2.77. The molecule has 1 heterocycles. The molecule has 0 unspecified atom stereocenters. The zero-order valence-corrected chi connectivity index (χ0v) is 12.5. The second kappa shape index (κ2) is 5.72. The van der Waals surface area contributed by atoms with Crippen LogP contribution in [0.4, 0.5) is 0 Å². The smallest absolute Gasteiger partial charge is 0.244 e. The number of aromatic nitrogens is 2. The molecule has 4 nitrogen and oxygen atoms in total. The molecule has 1 atom stereocenters. The Balaban J connectivity index is 0.00000180. The fourth-order valence-electron chi connectivity index (χ4n) is 1.55. The van der Waals surface area contributed by atoms with Crippen LogP contribution in [0.3, 0.4) is 0 Å². The van der Waals surface area contributed by atoms with Crippen molar-refractivity contribution in [2.45, 2.75) is 33.7 Å². The summed E-state index contributed by atoms with van der Waals surface area (Å²) >= 11 is 0. The van der Waals surface area contributed by atoms with Crippen LogP contribution in [-0.4, -0.2) is 10.1 Å². The van der Waals surface area contributed by atoms with Gasteiger partial charge in [0.05, 0.1) is 6.04 Å². The second-order valence-electron chi connectivity index (χ2n) is 5.67. The third-order valence-electron chi connectivity index (χ3n) is 2.95. The summed E-state index contributed by atoms with van der Waals surface area (Å²) < 4.78 is 5.25. The molecule has 1 aromatic carbocycles. The molecule has 0 radical (unpaired) electrons. The van der Waals surface area contributed by atoms with Gasteiger partial charge in [0, 0.05) is 5.56 Å². The van der Waals surface area contributed by atoms with E-state index in [-0.39, 0.29) is 23.9 Å². The topological polar surface area (TPSA) is 64.9 Å². The normalized spacial score (nSPS) is 12.9. The lowest BCUT2D eigenvalue weighted by atomic mass is 9.87. The standard InChI is InChI=1S/C14H19N3O.ClH/c1-9-5-7-10(8-6-9)12-16-13(18-17-12)11(15)14(2,3)4;/h5-8,11H,15H2,1-4H3;1H/t11-;/m1./s1. The Kier molecular flexibility index (Phi) is 4.71. The van der Waals surface area contributed by atoms with Crippen LogP contribution < -0.4 is 5.73 Å². The van der Waals surface area contributed by atoms with Gasteiger partial charge < -0.3 is 10.3 Å². The van der Waals surface area contributed by atoms with Crippen molar-refractivity contribution in [3.05, 3.63) is 35.7 Å². The van der Waals surface area contributed by atoms with Crippen LogP contribution in [0.5, 0.6) is 0 Å². The molecule has 2 N–H and O–H groups in total. The highest BCUT2D eigenvalue weighted by atomic mass is 35.5. The summed E-state index contributed by atoms with van der Waals surface area (Å²) in [7, 11) is 0. The van der Waals surface area contributed by atoms with Crippen LogP contribution in [0.2, 0.25) is 0 Å². The first kappa shape index (κ1) is 15.7. The van der Waals surface area contributed by atoms with Crippen LogP contribution in [0.15, 0.2) is 28.8 Å². The number of aryl methyl sites for hydroxylation is 1. The molecule has 0 aliphatic rings. The molecular weight excluding hydrogens is 262 g/mol. The van der Waals surface area contributed by atoms with E-state index in [1.54, 1.807) is 0 Å². The molecule has 0 saturated heterocycles. The van der Waals surface area contributed by atoms with Crippen molar-refractivity contribution in [3.8, 4) is 11.4 Å². The summed E-state index contributed by atoms with van der Waals surface area (Å²) in [4.78, 5) is 4.37. The van der Waals surface area contributed by atoms with E-state index in [0.717, 1.165) is 5.56 Å². The lowest BCUT2D eigenvalue weighted by molar-refractivity contribution is 0.253. The Morgan fingerprint density at radius 2 is 1.74 bits per heavy atom. The summed E-state index contributed by atoms with van der Waals surface area (Å²) in [5.74, 6) is 1.07. The van der Waals surface area contributed by atoms with Crippen molar-refractivity contribution in [2.75, 3.05) is 0 Å². The van der Waals surface area contributed by atoms with Gasteiger partial charge >= 0.3 is 0 Å². The van der Waals surface area contributed by atoms with Gasteiger partial charge in [-0.1, -0.05) is 55.8 Å². The SMILES string of the molecule is Cc1ccc(-c2noc([C@@H](N)C(C)(C)C)n2)cc1.Cl. The van der Waals surface area contributed by atoms with E-state index >= 15 is 0 Å². The minimum absolute atomic E-state index is 0. The molecule has 1 aromatic heterocycles. The van der Waals surface area contributed by atoms with Crippen LogP contribution in [0.1, 0.15) is 38.3 Å². The fourth-order valence-corrected chi connectivity index (χ4v) is 1.55. The first-order valence-corrected chi connectivity index (χ1v) is 6.04. The molecule has 0 saturated carbocycles. The van der Waals surface area contributed by atoms with Crippen molar-refractivity contribution in [2.24, 2.45) is 11.1 Å². The number of nitrogens with two attached hydrogens (primary N) is 1. The maximum absolute atomic E-state index is 6.09. The van der Waals surface area contributed by atoms with Gasteiger partial charge in [-0.25, -0.2) is 0 Å². The fraction of sp³-hybridized carbons (Fsp3) is 0.429. The Morgan fingerprint density at radius 1 is 1.16 bits per heavy atom. The van der Waals surface area contributed by atoms with E-state index in [2.05, 4.69) is 10.1 Å². The van der Waals surface area contributed by atoms with Crippen molar-refractivity contribution in [1.29, 1.82) is 0 Å². The number of halogens is 1. The Labute approximate surface area is 119 Å². The molecule has 19 heavy (non-hydrogen) atoms. The van der Waals surface area contributed by atoms with Gasteiger partial charge in [-0.3, -0.25) is 0 Å². The number of hydrogen-bond acceptors (Lipinski definition) is 4. The second-order valence-corrected chi connectivity index (χ2v) is 5.67. The summed E-state index contributed by atoms with van der Waals surface area (Å²) in [5, 5.41) is 3.98. The number of rotatable bonds is 2. The molecule has 0 aliphatic heterocycles. The minimum atomic E-state index is -0.260. The number of nitrogens with zero attached hydrogens (tertiary/aromatic N) is 2. The molecule has 0 amide bonds. The van der Waals surface area contributed by atoms with Crippen molar-refractivity contribution in [1.82, 2.24) is 10.1 Å².